The fourth-order valence-electron chi connectivity index (χ4n) is 1.82. The molecule has 0 saturated heterocycles. The molecule has 5 heteroatoms. The lowest BCUT2D eigenvalue weighted by Gasteiger charge is -2.06. The first kappa shape index (κ1) is 11.3. The highest BCUT2D eigenvalue weighted by Crippen LogP contribution is 2.35. The number of halogens is 1. The molecule has 1 aliphatic heterocycles. The molecule has 1 atom stereocenters. The summed E-state index contributed by atoms with van der Waals surface area (Å²) >= 11 is 0. The van der Waals surface area contributed by atoms with Crippen LogP contribution in [0.2, 0.25) is 0 Å². The van der Waals surface area contributed by atoms with E-state index >= 15 is 0 Å². The van der Waals surface area contributed by atoms with E-state index < -0.39 is 15.7 Å². The number of hydrogen-bond donors (Lipinski definition) is 1. The van der Waals surface area contributed by atoms with Crippen LogP contribution in [0.15, 0.2) is 28.5 Å². The van der Waals surface area contributed by atoms with Crippen LogP contribution in [0.5, 0.6) is 0 Å². The molecule has 3 nitrogen and oxygen atoms in total. The Morgan fingerprint density at radius 2 is 2.12 bits per heavy atom. The van der Waals surface area contributed by atoms with Crippen molar-refractivity contribution in [1.29, 1.82) is 0 Å². The number of rotatable bonds is 2. The van der Waals surface area contributed by atoms with E-state index in [1.165, 1.54) is 17.5 Å². The summed E-state index contributed by atoms with van der Waals surface area (Å²) in [6.07, 6.45) is 0.470. The van der Waals surface area contributed by atoms with Crippen molar-refractivity contribution in [2.45, 2.75) is 24.3 Å². The van der Waals surface area contributed by atoms with E-state index in [0.717, 1.165) is 6.07 Å². The molecule has 0 saturated carbocycles. The Balaban J connectivity index is 2.56. The lowest BCUT2D eigenvalue weighted by atomic mass is 10.0. The van der Waals surface area contributed by atoms with Gasteiger partial charge in [-0.3, -0.25) is 0 Å². The van der Waals surface area contributed by atoms with Gasteiger partial charge in [0.25, 0.3) is 0 Å². The molecule has 2 N–H and O–H groups in total. The average Bonchev–Trinajstić information content (AvgIpc) is 2.37. The first-order valence-corrected chi connectivity index (χ1v) is 6.46. The minimum absolute atomic E-state index is 0.0446. The van der Waals surface area contributed by atoms with Crippen molar-refractivity contribution in [3.63, 3.8) is 0 Å². The number of fused-ring (bicyclic) bond motifs is 1. The van der Waals surface area contributed by atoms with Crippen LogP contribution < -0.4 is 5.73 Å². The second kappa shape index (κ2) is 3.68. The van der Waals surface area contributed by atoms with Crippen molar-refractivity contribution >= 4 is 15.4 Å². The smallest absolute Gasteiger partial charge is 0.200 e. The number of benzene rings is 1. The SMILES string of the molecule is CC(N)CC1=CS(=O)(=O)c2cc(F)ccc21. The summed E-state index contributed by atoms with van der Waals surface area (Å²) in [5.41, 5.74) is 6.86. The molecular formula is C11H12FNO2S. The van der Waals surface area contributed by atoms with E-state index in [1.807, 2.05) is 0 Å². The molecule has 0 spiro atoms. The second-order valence-corrected chi connectivity index (χ2v) is 5.78. The summed E-state index contributed by atoms with van der Waals surface area (Å²) < 4.78 is 36.4. The minimum Gasteiger partial charge on any atom is -0.328 e. The third kappa shape index (κ3) is 1.88. The number of sulfone groups is 1. The van der Waals surface area contributed by atoms with Gasteiger partial charge in [0, 0.05) is 11.4 Å². The lowest BCUT2D eigenvalue weighted by Crippen LogP contribution is -2.14. The van der Waals surface area contributed by atoms with Gasteiger partial charge >= 0.3 is 0 Å². The molecule has 1 aromatic carbocycles. The molecule has 0 aromatic heterocycles. The Morgan fingerprint density at radius 3 is 2.75 bits per heavy atom. The summed E-state index contributed by atoms with van der Waals surface area (Å²) in [7, 11) is -3.48. The maximum atomic E-state index is 13.0. The van der Waals surface area contributed by atoms with Gasteiger partial charge < -0.3 is 5.73 Å². The molecule has 0 bridgehead atoms. The average molecular weight is 241 g/mol. The van der Waals surface area contributed by atoms with Gasteiger partial charge in [0.1, 0.15) is 5.82 Å². The van der Waals surface area contributed by atoms with Gasteiger partial charge in [-0.1, -0.05) is 6.07 Å². The largest absolute Gasteiger partial charge is 0.328 e. The Hall–Kier alpha value is -1.20. The molecule has 2 rings (SSSR count). The van der Waals surface area contributed by atoms with E-state index in [2.05, 4.69) is 0 Å². The van der Waals surface area contributed by atoms with Crippen LogP contribution in [-0.4, -0.2) is 14.5 Å². The predicted octanol–water partition coefficient (Wildman–Crippen LogP) is 1.69. The fraction of sp³-hybridized carbons (Fsp3) is 0.273. The summed E-state index contributed by atoms with van der Waals surface area (Å²) in [4.78, 5) is 0.0446. The Kier molecular flexibility index (Phi) is 2.59. The Labute approximate surface area is 93.7 Å². The number of nitrogens with two attached hydrogens (primary N) is 1. The van der Waals surface area contributed by atoms with E-state index in [9.17, 15) is 12.8 Å². The summed E-state index contributed by atoms with van der Waals surface area (Å²) in [6, 6.07) is 3.67. The van der Waals surface area contributed by atoms with E-state index in [-0.39, 0.29) is 10.9 Å². The summed E-state index contributed by atoms with van der Waals surface area (Å²) in [5.74, 6) is -0.544. The van der Waals surface area contributed by atoms with Crippen molar-refractivity contribution < 1.29 is 12.8 Å². The van der Waals surface area contributed by atoms with E-state index in [1.54, 1.807) is 6.92 Å². The van der Waals surface area contributed by atoms with Gasteiger partial charge in [-0.05, 0) is 36.6 Å². The predicted molar refractivity (Wildman–Crippen MR) is 59.8 cm³/mol. The van der Waals surface area contributed by atoms with Gasteiger partial charge in [-0.2, -0.15) is 0 Å². The first-order valence-electron chi connectivity index (χ1n) is 4.91. The molecule has 1 aromatic rings. The maximum Gasteiger partial charge on any atom is 0.200 e. The number of hydrogen-bond acceptors (Lipinski definition) is 3. The molecule has 0 fully saturated rings. The second-order valence-electron chi connectivity index (χ2n) is 4.01. The molecule has 86 valence electrons. The highest BCUT2D eigenvalue weighted by molar-refractivity contribution is 7.95. The first-order chi connectivity index (χ1) is 7.40. The monoisotopic (exact) mass is 241 g/mol. The standard InChI is InChI=1S/C11H12FNO2S/c1-7(13)4-8-6-16(14,15)11-5-9(12)2-3-10(8)11/h2-3,5-7H,4,13H2,1H3. The topological polar surface area (TPSA) is 60.2 Å². The van der Waals surface area contributed by atoms with Crippen LogP contribution in [0.25, 0.3) is 5.57 Å². The quantitative estimate of drug-likeness (QED) is 0.857. The third-order valence-electron chi connectivity index (χ3n) is 2.44. The van der Waals surface area contributed by atoms with Crippen LogP contribution in [0.3, 0.4) is 0 Å². The van der Waals surface area contributed by atoms with Crippen molar-refractivity contribution in [3.8, 4) is 0 Å². The van der Waals surface area contributed by atoms with Crippen LogP contribution in [-0.2, 0) is 9.84 Å². The molecule has 0 amide bonds. The maximum absolute atomic E-state index is 13.0. The highest BCUT2D eigenvalue weighted by atomic mass is 32.2. The van der Waals surface area contributed by atoms with Gasteiger partial charge in [0.15, 0.2) is 0 Å². The summed E-state index contributed by atoms with van der Waals surface area (Å²) in [6.45, 7) is 1.80. The molecule has 0 aliphatic carbocycles. The van der Waals surface area contributed by atoms with E-state index in [0.29, 0.717) is 17.6 Å². The Bertz CT molecular complexity index is 561. The zero-order chi connectivity index (χ0) is 11.9. The summed E-state index contributed by atoms with van der Waals surface area (Å²) in [5, 5.41) is 1.18. The molecule has 16 heavy (non-hydrogen) atoms. The highest BCUT2D eigenvalue weighted by Gasteiger charge is 2.27. The zero-order valence-corrected chi connectivity index (χ0v) is 9.59. The van der Waals surface area contributed by atoms with Gasteiger partial charge in [-0.15, -0.1) is 0 Å². The van der Waals surface area contributed by atoms with Crippen molar-refractivity contribution in [2.24, 2.45) is 5.73 Å². The van der Waals surface area contributed by atoms with Gasteiger partial charge in [-0.25, -0.2) is 12.8 Å². The molecular weight excluding hydrogens is 229 g/mol. The molecule has 1 unspecified atom stereocenters. The zero-order valence-electron chi connectivity index (χ0n) is 8.77. The normalized spacial score (nSPS) is 19.1. The molecule has 1 heterocycles. The van der Waals surface area contributed by atoms with Crippen LogP contribution in [0.1, 0.15) is 18.9 Å². The van der Waals surface area contributed by atoms with Crippen LogP contribution >= 0.6 is 0 Å². The van der Waals surface area contributed by atoms with Crippen molar-refractivity contribution in [3.05, 3.63) is 35.0 Å². The van der Waals surface area contributed by atoms with Crippen molar-refractivity contribution in [1.82, 2.24) is 0 Å². The molecule has 1 aliphatic rings. The van der Waals surface area contributed by atoms with Crippen molar-refractivity contribution in [2.75, 3.05) is 0 Å². The molecule has 0 radical (unpaired) electrons. The Morgan fingerprint density at radius 1 is 1.44 bits per heavy atom. The van der Waals surface area contributed by atoms with Gasteiger partial charge in [0.05, 0.1) is 4.90 Å². The van der Waals surface area contributed by atoms with Crippen LogP contribution in [0.4, 0.5) is 4.39 Å². The van der Waals surface area contributed by atoms with Crippen LogP contribution in [0, 0.1) is 5.82 Å². The van der Waals surface area contributed by atoms with Gasteiger partial charge in [0.2, 0.25) is 9.84 Å². The minimum atomic E-state index is -3.48. The van der Waals surface area contributed by atoms with E-state index in [4.69, 9.17) is 5.73 Å². The lowest BCUT2D eigenvalue weighted by molar-refractivity contribution is 0.599. The fourth-order valence-corrected chi connectivity index (χ4v) is 3.32. The third-order valence-corrected chi connectivity index (χ3v) is 3.98.